The van der Waals surface area contributed by atoms with E-state index in [1.807, 2.05) is 22.6 Å². The second-order valence-electron chi connectivity index (χ2n) is 4.14. The maximum Gasteiger partial charge on any atom is 0.255 e. The van der Waals surface area contributed by atoms with Gasteiger partial charge in [-0.05, 0) is 59.3 Å². The topological polar surface area (TPSA) is 29.1 Å². The summed E-state index contributed by atoms with van der Waals surface area (Å²) >= 11 is 7.93. The molecule has 0 radical (unpaired) electrons. The number of anilines is 1. The van der Waals surface area contributed by atoms with E-state index in [9.17, 15) is 13.6 Å². The summed E-state index contributed by atoms with van der Waals surface area (Å²) < 4.78 is 28.2. The van der Waals surface area contributed by atoms with Gasteiger partial charge in [0.25, 0.3) is 5.91 Å². The summed E-state index contributed by atoms with van der Waals surface area (Å²) in [6.07, 6.45) is 0. The van der Waals surface area contributed by atoms with Crippen molar-refractivity contribution in [1.29, 1.82) is 0 Å². The molecule has 0 unspecified atom stereocenters. The van der Waals surface area contributed by atoms with Gasteiger partial charge >= 0.3 is 0 Å². The fraction of sp³-hybridized carbons (Fsp3) is 0.0714. The fourth-order valence-electron chi connectivity index (χ4n) is 1.59. The zero-order valence-electron chi connectivity index (χ0n) is 10.3. The molecule has 2 aromatic carbocycles. The molecule has 2 rings (SSSR count). The van der Waals surface area contributed by atoms with Gasteiger partial charge in [0, 0.05) is 9.13 Å². The Labute approximate surface area is 133 Å². The zero-order chi connectivity index (χ0) is 14.9. The summed E-state index contributed by atoms with van der Waals surface area (Å²) in [7, 11) is 0. The highest BCUT2D eigenvalue weighted by atomic mass is 127. The molecule has 0 heterocycles. The van der Waals surface area contributed by atoms with Crippen LogP contribution in [0.1, 0.15) is 15.9 Å². The molecule has 0 aliphatic carbocycles. The van der Waals surface area contributed by atoms with E-state index in [-0.39, 0.29) is 11.1 Å². The molecule has 104 valence electrons. The summed E-state index contributed by atoms with van der Waals surface area (Å²) in [6.45, 7) is 1.49. The van der Waals surface area contributed by atoms with Crippen molar-refractivity contribution in [3.05, 3.63) is 61.7 Å². The highest BCUT2D eigenvalue weighted by Gasteiger charge is 2.16. The molecule has 0 aliphatic heterocycles. The molecule has 6 heteroatoms. The Morgan fingerprint density at radius 2 is 1.95 bits per heavy atom. The second-order valence-corrected chi connectivity index (χ2v) is 5.71. The molecule has 0 bridgehead atoms. The molecule has 1 amide bonds. The van der Waals surface area contributed by atoms with Crippen molar-refractivity contribution in [2.75, 3.05) is 5.32 Å². The Kier molecular flexibility index (Phi) is 4.59. The Balaban J connectivity index is 2.32. The largest absolute Gasteiger partial charge is 0.317 e. The summed E-state index contributed by atoms with van der Waals surface area (Å²) in [6, 6.07) is 7.05. The number of nitrogens with one attached hydrogen (secondary N) is 1. The third kappa shape index (κ3) is 3.09. The van der Waals surface area contributed by atoms with Gasteiger partial charge in [-0.15, -0.1) is 0 Å². The number of carbonyl (C=O) groups excluding carboxylic acids is 1. The van der Waals surface area contributed by atoms with Gasteiger partial charge in [-0.3, -0.25) is 4.79 Å². The number of amides is 1. The first-order valence-electron chi connectivity index (χ1n) is 5.61. The van der Waals surface area contributed by atoms with Crippen molar-refractivity contribution in [3.63, 3.8) is 0 Å². The summed E-state index contributed by atoms with van der Waals surface area (Å²) in [5.41, 5.74) is 0.0303. The molecule has 0 saturated heterocycles. The van der Waals surface area contributed by atoms with Gasteiger partial charge in [0.05, 0.1) is 5.02 Å². The van der Waals surface area contributed by atoms with Crippen LogP contribution >= 0.6 is 34.2 Å². The van der Waals surface area contributed by atoms with Crippen LogP contribution in [0, 0.1) is 22.1 Å². The van der Waals surface area contributed by atoms with Crippen LogP contribution in [0.3, 0.4) is 0 Å². The zero-order valence-corrected chi connectivity index (χ0v) is 13.2. The van der Waals surface area contributed by atoms with E-state index in [2.05, 4.69) is 5.32 Å². The van der Waals surface area contributed by atoms with Crippen LogP contribution in [0.5, 0.6) is 0 Å². The lowest BCUT2D eigenvalue weighted by Crippen LogP contribution is -2.15. The van der Waals surface area contributed by atoms with E-state index in [1.54, 1.807) is 6.07 Å². The quantitative estimate of drug-likeness (QED) is 0.713. The number of hydrogen-bond acceptors (Lipinski definition) is 1. The van der Waals surface area contributed by atoms with Gasteiger partial charge in [-0.2, -0.15) is 0 Å². The van der Waals surface area contributed by atoms with E-state index >= 15 is 0 Å². The monoisotopic (exact) mass is 407 g/mol. The van der Waals surface area contributed by atoms with Crippen molar-refractivity contribution in [2.24, 2.45) is 0 Å². The van der Waals surface area contributed by atoms with Crippen LogP contribution in [0.15, 0.2) is 30.3 Å². The maximum atomic E-state index is 13.8. The van der Waals surface area contributed by atoms with Gasteiger partial charge < -0.3 is 5.32 Å². The first-order valence-corrected chi connectivity index (χ1v) is 7.07. The Morgan fingerprint density at radius 3 is 2.60 bits per heavy atom. The molecule has 0 saturated carbocycles. The van der Waals surface area contributed by atoms with Crippen LogP contribution in [-0.2, 0) is 0 Å². The Hall–Kier alpha value is -1.21. The summed E-state index contributed by atoms with van der Waals surface area (Å²) in [5.74, 6) is -2.22. The van der Waals surface area contributed by atoms with Crippen molar-refractivity contribution < 1.29 is 13.6 Å². The lowest BCUT2D eigenvalue weighted by atomic mass is 10.1. The molecule has 20 heavy (non-hydrogen) atoms. The van der Waals surface area contributed by atoms with Crippen molar-refractivity contribution in [2.45, 2.75) is 6.92 Å². The van der Waals surface area contributed by atoms with Crippen molar-refractivity contribution in [3.8, 4) is 0 Å². The summed E-state index contributed by atoms with van der Waals surface area (Å²) in [5, 5.41) is 2.64. The second kappa shape index (κ2) is 6.05. The normalized spacial score (nSPS) is 10.4. The lowest BCUT2D eigenvalue weighted by Gasteiger charge is -2.09. The highest BCUT2D eigenvalue weighted by Crippen LogP contribution is 2.24. The number of carbonyl (C=O) groups is 1. The van der Waals surface area contributed by atoms with Crippen LogP contribution in [0.2, 0.25) is 5.02 Å². The average molecular weight is 408 g/mol. The fourth-order valence-corrected chi connectivity index (χ4v) is 2.11. The lowest BCUT2D eigenvalue weighted by molar-refractivity contribution is 0.102. The first-order chi connectivity index (χ1) is 9.40. The standard InChI is InChI=1S/C14H9ClF2INO/c1-7-2-4-10(16)13(12(7)17)19-14(20)8-3-5-11(18)9(15)6-8/h2-6H,1H3,(H,19,20). The number of benzene rings is 2. The molecule has 2 aromatic rings. The molecular formula is C14H9ClF2INO. The maximum absolute atomic E-state index is 13.8. The van der Waals surface area contributed by atoms with Crippen molar-refractivity contribution in [1.82, 2.24) is 0 Å². The molecule has 0 fully saturated rings. The van der Waals surface area contributed by atoms with Crippen LogP contribution < -0.4 is 5.32 Å². The molecular weight excluding hydrogens is 399 g/mol. The van der Waals surface area contributed by atoms with E-state index < -0.39 is 23.2 Å². The van der Waals surface area contributed by atoms with E-state index in [4.69, 9.17) is 11.6 Å². The smallest absolute Gasteiger partial charge is 0.255 e. The SMILES string of the molecule is Cc1ccc(F)c(NC(=O)c2ccc(I)c(Cl)c2)c1F. The molecule has 0 aliphatic rings. The van der Waals surface area contributed by atoms with Crippen LogP contribution in [0.4, 0.5) is 14.5 Å². The molecule has 0 aromatic heterocycles. The molecule has 1 N–H and O–H groups in total. The highest BCUT2D eigenvalue weighted by molar-refractivity contribution is 14.1. The van der Waals surface area contributed by atoms with Gasteiger partial charge in [0.2, 0.25) is 0 Å². The molecule has 0 spiro atoms. The van der Waals surface area contributed by atoms with Crippen LogP contribution in [-0.4, -0.2) is 5.91 Å². The predicted octanol–water partition coefficient (Wildman–Crippen LogP) is 4.78. The third-order valence-electron chi connectivity index (χ3n) is 2.70. The average Bonchev–Trinajstić information content (AvgIpc) is 2.42. The Morgan fingerprint density at radius 1 is 1.25 bits per heavy atom. The third-order valence-corrected chi connectivity index (χ3v) is 4.28. The van der Waals surface area contributed by atoms with E-state index in [0.717, 1.165) is 9.64 Å². The minimum absolute atomic E-state index is 0.232. The van der Waals surface area contributed by atoms with Gasteiger partial charge in [-0.25, -0.2) is 8.78 Å². The number of rotatable bonds is 2. The van der Waals surface area contributed by atoms with Gasteiger partial charge in [0.1, 0.15) is 11.5 Å². The van der Waals surface area contributed by atoms with Crippen molar-refractivity contribution >= 4 is 45.8 Å². The summed E-state index contributed by atoms with van der Waals surface area (Å²) in [4.78, 5) is 12.0. The predicted molar refractivity (Wildman–Crippen MR) is 83.2 cm³/mol. The molecule has 2 nitrogen and oxygen atoms in total. The molecule has 0 atom stereocenters. The van der Waals surface area contributed by atoms with E-state index in [1.165, 1.54) is 25.1 Å². The Bertz CT molecular complexity index is 691. The minimum atomic E-state index is -0.821. The van der Waals surface area contributed by atoms with E-state index in [0.29, 0.717) is 5.02 Å². The van der Waals surface area contributed by atoms with Crippen LogP contribution in [0.25, 0.3) is 0 Å². The number of halogens is 4. The number of aryl methyl sites for hydroxylation is 1. The van der Waals surface area contributed by atoms with Gasteiger partial charge in [-0.1, -0.05) is 17.7 Å². The number of hydrogen-bond donors (Lipinski definition) is 1. The minimum Gasteiger partial charge on any atom is -0.317 e. The van der Waals surface area contributed by atoms with Gasteiger partial charge in [0.15, 0.2) is 5.82 Å². The first kappa shape index (κ1) is 15.2.